The third-order valence-corrected chi connectivity index (χ3v) is 4.74. The third-order valence-electron chi connectivity index (χ3n) is 4.28. The van der Waals surface area contributed by atoms with Gasteiger partial charge in [-0.2, -0.15) is 0 Å². The molecule has 0 aromatic heterocycles. The van der Waals surface area contributed by atoms with Gasteiger partial charge in [0.15, 0.2) is 0 Å². The van der Waals surface area contributed by atoms with Crippen molar-refractivity contribution in [3.63, 3.8) is 0 Å². The van der Waals surface area contributed by atoms with Crippen molar-refractivity contribution in [3.8, 4) is 5.75 Å². The number of phenolic OH excluding ortho intramolecular Hbond substituents is 1. The maximum absolute atomic E-state index is 14.1. The predicted molar refractivity (Wildman–Crippen MR) is 98.8 cm³/mol. The van der Waals surface area contributed by atoms with Gasteiger partial charge >= 0.3 is 0 Å². The van der Waals surface area contributed by atoms with Crippen LogP contribution in [-0.2, 0) is 0 Å². The number of carbonyl (C=O) groups is 2. The predicted octanol–water partition coefficient (Wildman–Crippen LogP) is 2.36. The van der Waals surface area contributed by atoms with Gasteiger partial charge in [0.2, 0.25) is 0 Å². The van der Waals surface area contributed by atoms with Crippen molar-refractivity contribution < 1.29 is 19.1 Å². The van der Waals surface area contributed by atoms with Gasteiger partial charge in [-0.25, -0.2) is 4.39 Å². The van der Waals surface area contributed by atoms with Crippen molar-refractivity contribution in [2.45, 2.75) is 0 Å². The summed E-state index contributed by atoms with van der Waals surface area (Å²) in [5.74, 6) is -1.66. The SMILES string of the molecule is NC(=O)c1c(F)cc(Br)cc1N1CCN(C(=O)c2cccc(O)c2)CC1. The number of nitrogens with two attached hydrogens (primary N) is 1. The molecule has 0 atom stereocenters. The Balaban J connectivity index is 1.77. The van der Waals surface area contributed by atoms with E-state index >= 15 is 0 Å². The van der Waals surface area contributed by atoms with E-state index in [1.54, 1.807) is 23.1 Å². The molecule has 1 fully saturated rings. The van der Waals surface area contributed by atoms with Crippen LogP contribution in [0.3, 0.4) is 0 Å². The van der Waals surface area contributed by atoms with E-state index in [0.717, 1.165) is 0 Å². The molecule has 2 aromatic rings. The molecule has 3 rings (SSSR count). The van der Waals surface area contributed by atoms with Crippen LogP contribution >= 0.6 is 15.9 Å². The lowest BCUT2D eigenvalue weighted by Gasteiger charge is -2.37. The quantitative estimate of drug-likeness (QED) is 0.795. The minimum atomic E-state index is -0.830. The van der Waals surface area contributed by atoms with Crippen molar-refractivity contribution >= 4 is 33.4 Å². The second-order valence-electron chi connectivity index (χ2n) is 5.98. The largest absolute Gasteiger partial charge is 0.508 e. The lowest BCUT2D eigenvalue weighted by molar-refractivity contribution is 0.0745. The Morgan fingerprint density at radius 3 is 2.42 bits per heavy atom. The zero-order valence-corrected chi connectivity index (χ0v) is 15.4. The third kappa shape index (κ3) is 3.65. The molecule has 0 bridgehead atoms. The van der Waals surface area contributed by atoms with E-state index in [1.807, 2.05) is 4.90 Å². The number of rotatable bonds is 3. The molecule has 26 heavy (non-hydrogen) atoms. The van der Waals surface area contributed by atoms with E-state index < -0.39 is 11.7 Å². The first-order valence-corrected chi connectivity index (χ1v) is 8.78. The fraction of sp³-hybridized carbons (Fsp3) is 0.222. The maximum atomic E-state index is 14.1. The number of anilines is 1. The fourth-order valence-corrected chi connectivity index (χ4v) is 3.44. The smallest absolute Gasteiger partial charge is 0.254 e. The zero-order valence-electron chi connectivity index (χ0n) is 13.8. The number of nitrogens with zero attached hydrogens (tertiary/aromatic N) is 2. The van der Waals surface area contributed by atoms with Gasteiger partial charge in [-0.15, -0.1) is 0 Å². The molecule has 1 saturated heterocycles. The summed E-state index contributed by atoms with van der Waals surface area (Å²) in [4.78, 5) is 27.7. The molecule has 0 aliphatic carbocycles. The van der Waals surface area contributed by atoms with Crippen LogP contribution in [0.15, 0.2) is 40.9 Å². The maximum Gasteiger partial charge on any atom is 0.254 e. The molecule has 0 radical (unpaired) electrons. The summed E-state index contributed by atoms with van der Waals surface area (Å²) in [6, 6.07) is 9.03. The number of carbonyl (C=O) groups excluding carboxylic acids is 2. The van der Waals surface area contributed by atoms with Crippen molar-refractivity contribution in [2.75, 3.05) is 31.1 Å². The summed E-state index contributed by atoms with van der Waals surface area (Å²) < 4.78 is 14.6. The number of halogens is 2. The number of benzene rings is 2. The number of primary amides is 1. The average molecular weight is 422 g/mol. The Labute approximate surface area is 158 Å². The second-order valence-corrected chi connectivity index (χ2v) is 6.89. The van der Waals surface area contributed by atoms with E-state index in [2.05, 4.69) is 15.9 Å². The van der Waals surface area contributed by atoms with Gasteiger partial charge in [-0.3, -0.25) is 9.59 Å². The monoisotopic (exact) mass is 421 g/mol. The van der Waals surface area contributed by atoms with Crippen LogP contribution in [0.1, 0.15) is 20.7 Å². The number of amides is 2. The molecule has 2 amide bonds. The van der Waals surface area contributed by atoms with Gasteiger partial charge in [0.05, 0.1) is 11.3 Å². The van der Waals surface area contributed by atoms with Gasteiger partial charge in [0.1, 0.15) is 11.6 Å². The number of phenols is 1. The lowest BCUT2D eigenvalue weighted by Crippen LogP contribution is -2.49. The van der Waals surface area contributed by atoms with Gasteiger partial charge in [-0.1, -0.05) is 22.0 Å². The van der Waals surface area contributed by atoms with Crippen molar-refractivity contribution in [1.29, 1.82) is 0 Å². The number of hydrogen-bond donors (Lipinski definition) is 2. The highest BCUT2D eigenvalue weighted by molar-refractivity contribution is 9.10. The van der Waals surface area contributed by atoms with Crippen LogP contribution in [0.5, 0.6) is 5.75 Å². The Morgan fingerprint density at radius 2 is 1.81 bits per heavy atom. The minimum Gasteiger partial charge on any atom is -0.508 e. The number of piperazine rings is 1. The Bertz CT molecular complexity index is 867. The average Bonchev–Trinajstić information content (AvgIpc) is 2.60. The first-order chi connectivity index (χ1) is 12.4. The molecule has 1 aliphatic heterocycles. The molecule has 0 saturated carbocycles. The molecule has 3 N–H and O–H groups in total. The van der Waals surface area contributed by atoms with Crippen LogP contribution in [0.2, 0.25) is 0 Å². The fourth-order valence-electron chi connectivity index (χ4n) is 3.03. The summed E-state index contributed by atoms with van der Waals surface area (Å²) in [5.41, 5.74) is 5.99. The van der Waals surface area contributed by atoms with E-state index in [0.29, 0.717) is 41.9 Å². The molecule has 0 spiro atoms. The van der Waals surface area contributed by atoms with Gasteiger partial charge in [0.25, 0.3) is 11.8 Å². The van der Waals surface area contributed by atoms with Crippen LogP contribution in [0, 0.1) is 5.82 Å². The van der Waals surface area contributed by atoms with Crippen LogP contribution in [0.4, 0.5) is 10.1 Å². The Kier molecular flexibility index (Phi) is 5.13. The molecule has 1 aliphatic rings. The molecular weight excluding hydrogens is 405 g/mol. The minimum absolute atomic E-state index is 0.0326. The van der Waals surface area contributed by atoms with Crippen molar-refractivity contribution in [2.24, 2.45) is 5.73 Å². The second kappa shape index (κ2) is 7.33. The van der Waals surface area contributed by atoms with Crippen LogP contribution in [-0.4, -0.2) is 48.0 Å². The standard InChI is InChI=1S/C18H17BrFN3O3/c19-12-9-14(20)16(17(21)25)15(10-12)22-4-6-23(7-5-22)18(26)11-2-1-3-13(24)8-11/h1-3,8-10,24H,4-7H2,(H2,21,25). The van der Waals surface area contributed by atoms with Crippen LogP contribution in [0.25, 0.3) is 0 Å². The van der Waals surface area contributed by atoms with Crippen LogP contribution < -0.4 is 10.6 Å². The van der Waals surface area contributed by atoms with Gasteiger partial charge in [-0.05, 0) is 30.3 Å². The zero-order chi connectivity index (χ0) is 18.8. The molecule has 0 unspecified atom stereocenters. The number of aromatic hydroxyl groups is 1. The molecule has 2 aromatic carbocycles. The Hall–Kier alpha value is -2.61. The van der Waals surface area contributed by atoms with E-state index in [1.165, 1.54) is 18.2 Å². The molecule has 8 heteroatoms. The van der Waals surface area contributed by atoms with Crippen molar-refractivity contribution in [3.05, 3.63) is 57.8 Å². The summed E-state index contributed by atoms with van der Waals surface area (Å²) in [6.07, 6.45) is 0. The summed E-state index contributed by atoms with van der Waals surface area (Å²) in [6.45, 7) is 1.67. The molecule has 136 valence electrons. The topological polar surface area (TPSA) is 86.9 Å². The Morgan fingerprint density at radius 1 is 1.12 bits per heavy atom. The van der Waals surface area contributed by atoms with E-state index in [4.69, 9.17) is 5.73 Å². The summed E-state index contributed by atoms with van der Waals surface area (Å²) >= 11 is 3.23. The van der Waals surface area contributed by atoms with Gasteiger partial charge < -0.3 is 20.6 Å². The molecule has 1 heterocycles. The van der Waals surface area contributed by atoms with Crippen molar-refractivity contribution in [1.82, 2.24) is 4.90 Å². The molecule has 6 nitrogen and oxygen atoms in total. The highest BCUT2D eigenvalue weighted by Gasteiger charge is 2.26. The normalized spacial score (nSPS) is 14.4. The first kappa shape index (κ1) is 18.2. The van der Waals surface area contributed by atoms with Gasteiger partial charge in [0, 0.05) is 36.2 Å². The first-order valence-electron chi connectivity index (χ1n) is 7.99. The van der Waals surface area contributed by atoms with E-state index in [9.17, 15) is 19.1 Å². The summed E-state index contributed by atoms with van der Waals surface area (Å²) in [5, 5.41) is 9.52. The molecular formula is C18H17BrFN3O3. The number of hydrogen-bond acceptors (Lipinski definition) is 4. The van der Waals surface area contributed by atoms with E-state index in [-0.39, 0.29) is 17.2 Å². The summed E-state index contributed by atoms with van der Waals surface area (Å²) in [7, 11) is 0. The highest BCUT2D eigenvalue weighted by Crippen LogP contribution is 2.29. The lowest BCUT2D eigenvalue weighted by atomic mass is 10.1. The highest BCUT2D eigenvalue weighted by atomic mass is 79.9.